The van der Waals surface area contributed by atoms with Gasteiger partial charge >= 0.3 is 0 Å². The average molecular weight is 475 g/mol. The Morgan fingerprint density at radius 1 is 1.18 bits per heavy atom. The van der Waals surface area contributed by atoms with Crippen LogP contribution in [0.4, 0.5) is 15.8 Å². The monoisotopic (exact) mass is 474 g/mol. The lowest BCUT2D eigenvalue weighted by atomic mass is 10.0. The predicted molar refractivity (Wildman–Crippen MR) is 131 cm³/mol. The van der Waals surface area contributed by atoms with E-state index in [1.807, 2.05) is 26.0 Å². The molecule has 1 aliphatic heterocycles. The van der Waals surface area contributed by atoms with Crippen molar-refractivity contribution in [1.82, 2.24) is 9.88 Å². The summed E-state index contributed by atoms with van der Waals surface area (Å²) in [5.74, 6) is -1.49. The molecule has 2 heterocycles. The Balaban J connectivity index is 0.00000306. The number of hydrogen-bond donors (Lipinski definition) is 3. The van der Waals surface area contributed by atoms with Crippen LogP contribution >= 0.6 is 12.4 Å². The number of nitrogens with zero attached hydrogens (tertiary/aromatic N) is 2. The summed E-state index contributed by atoms with van der Waals surface area (Å²) in [7, 11) is 0. The van der Waals surface area contributed by atoms with Crippen molar-refractivity contribution in [2.24, 2.45) is 5.92 Å². The molecule has 4 rings (SSSR count). The molecule has 0 spiro atoms. The smallest absolute Gasteiger partial charge is 0.267 e. The summed E-state index contributed by atoms with van der Waals surface area (Å²) in [6.07, 6.45) is 0. The summed E-state index contributed by atoms with van der Waals surface area (Å²) in [6.45, 7) is 7.45. The molecule has 1 amide bonds. The molecule has 0 bridgehead atoms. The Bertz CT molecular complexity index is 1220. The minimum Gasteiger partial charge on any atom is -0.506 e. The fraction of sp³-hybridized carbons (Fsp3) is 0.333. The fourth-order valence-electron chi connectivity index (χ4n) is 4.15. The molecule has 0 atom stereocenters. The topological polar surface area (TPSA) is 86.6 Å². The maximum atomic E-state index is 13.6. The second-order valence-corrected chi connectivity index (χ2v) is 8.41. The SMILES string of the molecule is CC(C)Cn1c(=O)c(C(=O)Nc2cccc(F)c2)c(O)c2c(N3CCNCC3)cccc21.Cl. The normalized spacial score (nSPS) is 13.8. The zero-order valence-electron chi connectivity index (χ0n) is 18.6. The van der Waals surface area contributed by atoms with Gasteiger partial charge < -0.3 is 25.2 Å². The van der Waals surface area contributed by atoms with Crippen molar-refractivity contribution in [3.63, 3.8) is 0 Å². The second-order valence-electron chi connectivity index (χ2n) is 8.41. The summed E-state index contributed by atoms with van der Waals surface area (Å²) in [5, 5.41) is 17.5. The Morgan fingerprint density at radius 2 is 1.88 bits per heavy atom. The molecule has 1 fully saturated rings. The molecule has 0 saturated carbocycles. The molecule has 2 aromatic carbocycles. The molecular weight excluding hydrogens is 447 g/mol. The first-order valence-electron chi connectivity index (χ1n) is 10.8. The van der Waals surface area contributed by atoms with Crippen LogP contribution in [0, 0.1) is 11.7 Å². The van der Waals surface area contributed by atoms with Crippen LogP contribution in [-0.4, -0.2) is 41.8 Å². The van der Waals surface area contributed by atoms with Crippen molar-refractivity contribution in [2.75, 3.05) is 36.4 Å². The van der Waals surface area contributed by atoms with Crippen LogP contribution in [0.3, 0.4) is 0 Å². The lowest BCUT2D eigenvalue weighted by Crippen LogP contribution is -2.43. The van der Waals surface area contributed by atoms with E-state index in [-0.39, 0.29) is 35.3 Å². The highest BCUT2D eigenvalue weighted by atomic mass is 35.5. The first kappa shape index (κ1) is 24.5. The first-order chi connectivity index (χ1) is 15.4. The van der Waals surface area contributed by atoms with Gasteiger partial charge in [0.25, 0.3) is 11.5 Å². The average Bonchev–Trinajstić information content (AvgIpc) is 2.76. The molecule has 176 valence electrons. The number of anilines is 2. The number of fused-ring (bicyclic) bond motifs is 1. The minimum absolute atomic E-state index is 0. The highest BCUT2D eigenvalue weighted by molar-refractivity contribution is 6.11. The van der Waals surface area contributed by atoms with E-state index in [1.165, 1.54) is 18.2 Å². The largest absolute Gasteiger partial charge is 0.506 e. The van der Waals surface area contributed by atoms with E-state index in [0.29, 0.717) is 17.4 Å². The predicted octanol–water partition coefficient (Wildman–Crippen LogP) is 3.59. The maximum absolute atomic E-state index is 13.6. The number of aromatic hydroxyl groups is 1. The lowest BCUT2D eigenvalue weighted by Gasteiger charge is -2.31. The van der Waals surface area contributed by atoms with Gasteiger partial charge in [0.2, 0.25) is 0 Å². The number of carbonyl (C=O) groups excluding carboxylic acids is 1. The van der Waals surface area contributed by atoms with Gasteiger partial charge in [-0.25, -0.2) is 4.39 Å². The van der Waals surface area contributed by atoms with Gasteiger partial charge in [0.15, 0.2) is 0 Å². The molecule has 0 aliphatic carbocycles. The van der Waals surface area contributed by atoms with Crippen molar-refractivity contribution in [2.45, 2.75) is 20.4 Å². The van der Waals surface area contributed by atoms with Crippen LogP contribution in [0.25, 0.3) is 10.9 Å². The Labute approximate surface area is 197 Å². The summed E-state index contributed by atoms with van der Waals surface area (Å²) < 4.78 is 15.1. The van der Waals surface area contributed by atoms with Crippen molar-refractivity contribution < 1.29 is 14.3 Å². The number of amides is 1. The highest BCUT2D eigenvalue weighted by Gasteiger charge is 2.26. The molecule has 1 aromatic heterocycles. The molecule has 1 aliphatic rings. The van der Waals surface area contributed by atoms with Gasteiger partial charge in [-0.05, 0) is 36.2 Å². The molecule has 7 nitrogen and oxygen atoms in total. The van der Waals surface area contributed by atoms with Gasteiger partial charge in [0, 0.05) is 44.1 Å². The number of nitrogens with one attached hydrogen (secondary N) is 2. The Morgan fingerprint density at radius 3 is 2.55 bits per heavy atom. The van der Waals surface area contributed by atoms with Crippen LogP contribution in [-0.2, 0) is 6.54 Å². The summed E-state index contributed by atoms with van der Waals surface area (Å²) >= 11 is 0. The number of rotatable bonds is 5. The van der Waals surface area contributed by atoms with E-state index < -0.39 is 17.3 Å². The van der Waals surface area contributed by atoms with Crippen molar-refractivity contribution in [3.8, 4) is 5.75 Å². The number of hydrogen-bond acceptors (Lipinski definition) is 5. The highest BCUT2D eigenvalue weighted by Crippen LogP contribution is 2.36. The van der Waals surface area contributed by atoms with Gasteiger partial charge in [0.05, 0.1) is 10.9 Å². The minimum atomic E-state index is -0.771. The number of aromatic nitrogens is 1. The van der Waals surface area contributed by atoms with Gasteiger partial charge in [-0.1, -0.05) is 26.0 Å². The van der Waals surface area contributed by atoms with Gasteiger partial charge in [0.1, 0.15) is 17.1 Å². The van der Waals surface area contributed by atoms with E-state index in [4.69, 9.17) is 0 Å². The van der Waals surface area contributed by atoms with Gasteiger partial charge in [-0.3, -0.25) is 9.59 Å². The maximum Gasteiger partial charge on any atom is 0.267 e. The summed E-state index contributed by atoms with van der Waals surface area (Å²) in [6, 6.07) is 11.0. The van der Waals surface area contributed by atoms with Gasteiger partial charge in [-0.2, -0.15) is 0 Å². The fourth-order valence-corrected chi connectivity index (χ4v) is 4.15. The zero-order chi connectivity index (χ0) is 22.8. The summed E-state index contributed by atoms with van der Waals surface area (Å²) in [4.78, 5) is 28.6. The van der Waals surface area contributed by atoms with E-state index in [9.17, 15) is 19.1 Å². The van der Waals surface area contributed by atoms with Crippen molar-refractivity contribution >= 4 is 40.6 Å². The number of halogens is 2. The summed E-state index contributed by atoms with van der Waals surface area (Å²) in [5.41, 5.74) is 0.651. The second kappa shape index (κ2) is 10.2. The molecule has 0 unspecified atom stereocenters. The molecule has 0 radical (unpaired) electrons. The van der Waals surface area contributed by atoms with Crippen molar-refractivity contribution in [3.05, 3.63) is 64.2 Å². The number of pyridine rings is 1. The molecular formula is C24H28ClFN4O3. The lowest BCUT2D eigenvalue weighted by molar-refractivity contribution is 0.102. The van der Waals surface area contributed by atoms with Crippen LogP contribution in [0.2, 0.25) is 0 Å². The van der Waals surface area contributed by atoms with E-state index in [0.717, 1.165) is 37.9 Å². The number of carbonyl (C=O) groups is 1. The van der Waals surface area contributed by atoms with Crippen LogP contribution < -0.4 is 21.1 Å². The van der Waals surface area contributed by atoms with Crippen molar-refractivity contribution in [1.29, 1.82) is 0 Å². The third-order valence-corrected chi connectivity index (χ3v) is 5.56. The van der Waals surface area contributed by atoms with Crippen LogP contribution in [0.5, 0.6) is 5.75 Å². The third-order valence-electron chi connectivity index (χ3n) is 5.56. The standard InChI is InChI=1S/C24H27FN4O3.ClH/c1-15(2)14-29-19-8-4-7-18(28-11-9-26-10-12-28)20(19)22(30)21(24(29)32)23(31)27-17-6-3-5-16(25)13-17;/h3-8,13,15,26,30H,9-12,14H2,1-2H3,(H,27,31);1H. The van der Waals surface area contributed by atoms with E-state index in [2.05, 4.69) is 15.5 Å². The number of benzene rings is 2. The van der Waals surface area contributed by atoms with E-state index in [1.54, 1.807) is 10.6 Å². The number of piperazine rings is 1. The molecule has 9 heteroatoms. The quantitative estimate of drug-likeness (QED) is 0.526. The molecule has 1 saturated heterocycles. The zero-order valence-corrected chi connectivity index (χ0v) is 19.4. The van der Waals surface area contributed by atoms with E-state index >= 15 is 0 Å². The molecule has 3 aromatic rings. The van der Waals surface area contributed by atoms with Gasteiger partial charge in [-0.15, -0.1) is 12.4 Å². The van der Waals surface area contributed by atoms with Crippen LogP contribution in [0.1, 0.15) is 24.2 Å². The first-order valence-corrected chi connectivity index (χ1v) is 10.8. The van der Waals surface area contributed by atoms with Crippen LogP contribution in [0.15, 0.2) is 47.3 Å². The molecule has 33 heavy (non-hydrogen) atoms. The Kier molecular flexibility index (Phi) is 7.61. The Hall–Kier alpha value is -3.10. The molecule has 3 N–H and O–H groups in total. The third kappa shape index (κ3) is 4.96.